The maximum absolute atomic E-state index is 12.6. The molecule has 2 aromatic carbocycles. The van der Waals surface area contributed by atoms with Gasteiger partial charge in [-0.25, -0.2) is 8.42 Å². The Morgan fingerprint density at radius 3 is 2.28 bits per heavy atom. The summed E-state index contributed by atoms with van der Waals surface area (Å²) in [4.78, 5) is 12.3. The zero-order valence-electron chi connectivity index (χ0n) is 14.7. The zero-order valence-corrected chi connectivity index (χ0v) is 15.5. The number of aryl methyl sites for hydroxylation is 1. The summed E-state index contributed by atoms with van der Waals surface area (Å²) < 4.78 is 32.9. The second-order valence-electron chi connectivity index (χ2n) is 5.96. The molecule has 134 valence electrons. The number of carbonyl (C=O) groups is 1. The van der Waals surface area contributed by atoms with Crippen LogP contribution in [-0.4, -0.2) is 27.5 Å². The van der Waals surface area contributed by atoms with Crippen LogP contribution in [0.1, 0.15) is 29.8 Å². The summed E-state index contributed by atoms with van der Waals surface area (Å²) in [6.07, 6.45) is 0. The molecular weight excluding hydrogens is 340 g/mol. The molecule has 0 fully saturated rings. The average molecular weight is 362 g/mol. The summed E-state index contributed by atoms with van der Waals surface area (Å²) in [5.41, 5.74) is 1.65. The number of hydrogen-bond acceptors (Lipinski definition) is 4. The fourth-order valence-corrected chi connectivity index (χ4v) is 3.29. The quantitative estimate of drug-likeness (QED) is 0.827. The number of methoxy groups -OCH3 is 1. The third-order valence-electron chi connectivity index (χ3n) is 3.45. The van der Waals surface area contributed by atoms with E-state index < -0.39 is 10.0 Å². The molecule has 0 saturated carbocycles. The van der Waals surface area contributed by atoms with Crippen LogP contribution in [0, 0.1) is 6.92 Å². The van der Waals surface area contributed by atoms with E-state index in [0.717, 1.165) is 5.56 Å². The first kappa shape index (κ1) is 18.8. The molecule has 2 N–H and O–H groups in total. The van der Waals surface area contributed by atoms with Crippen LogP contribution < -0.4 is 14.8 Å². The fourth-order valence-electron chi connectivity index (χ4n) is 2.21. The summed E-state index contributed by atoms with van der Waals surface area (Å²) in [6.45, 7) is 5.56. The fraction of sp³-hybridized carbons (Fsp3) is 0.278. The molecule has 0 aromatic heterocycles. The van der Waals surface area contributed by atoms with Crippen molar-refractivity contribution in [1.29, 1.82) is 0 Å². The second kappa shape index (κ2) is 7.57. The molecule has 0 unspecified atom stereocenters. The van der Waals surface area contributed by atoms with Gasteiger partial charge >= 0.3 is 0 Å². The molecular formula is C18H22N2O4S. The Morgan fingerprint density at radius 2 is 1.72 bits per heavy atom. The number of rotatable bonds is 6. The van der Waals surface area contributed by atoms with Gasteiger partial charge in [-0.15, -0.1) is 0 Å². The van der Waals surface area contributed by atoms with Crippen LogP contribution in [0.15, 0.2) is 47.4 Å². The van der Waals surface area contributed by atoms with Gasteiger partial charge in [0.25, 0.3) is 15.9 Å². The number of ether oxygens (including phenoxy) is 1. The zero-order chi connectivity index (χ0) is 18.6. The van der Waals surface area contributed by atoms with Crippen molar-refractivity contribution in [3.05, 3.63) is 53.6 Å². The van der Waals surface area contributed by atoms with Crippen molar-refractivity contribution in [3.63, 3.8) is 0 Å². The van der Waals surface area contributed by atoms with E-state index in [0.29, 0.717) is 11.4 Å². The molecule has 0 saturated heterocycles. The van der Waals surface area contributed by atoms with Gasteiger partial charge in [-0.1, -0.05) is 17.7 Å². The van der Waals surface area contributed by atoms with E-state index in [1.54, 1.807) is 12.1 Å². The first-order chi connectivity index (χ1) is 11.7. The van der Waals surface area contributed by atoms with Gasteiger partial charge in [0.1, 0.15) is 5.75 Å². The lowest BCUT2D eigenvalue weighted by atomic mass is 10.2. The number of nitrogens with one attached hydrogen (secondary N) is 2. The van der Waals surface area contributed by atoms with Gasteiger partial charge in [0.05, 0.1) is 17.6 Å². The Bertz CT molecular complexity index is 859. The van der Waals surface area contributed by atoms with E-state index in [-0.39, 0.29) is 22.4 Å². The average Bonchev–Trinajstić information content (AvgIpc) is 2.55. The molecule has 0 aliphatic carbocycles. The summed E-state index contributed by atoms with van der Waals surface area (Å²) in [7, 11) is -2.39. The number of hydrogen-bond donors (Lipinski definition) is 2. The van der Waals surface area contributed by atoms with Crippen molar-refractivity contribution in [2.45, 2.75) is 31.7 Å². The van der Waals surface area contributed by atoms with Crippen molar-refractivity contribution >= 4 is 21.6 Å². The highest BCUT2D eigenvalue weighted by Gasteiger charge is 2.20. The second-order valence-corrected chi connectivity index (χ2v) is 7.64. The minimum atomic E-state index is -3.82. The van der Waals surface area contributed by atoms with Gasteiger partial charge < -0.3 is 10.1 Å². The first-order valence-corrected chi connectivity index (χ1v) is 9.29. The Balaban J connectivity index is 2.37. The first-order valence-electron chi connectivity index (χ1n) is 7.81. The molecule has 0 bridgehead atoms. The van der Waals surface area contributed by atoms with Crippen LogP contribution in [0.25, 0.3) is 0 Å². The molecule has 25 heavy (non-hydrogen) atoms. The van der Waals surface area contributed by atoms with Crippen molar-refractivity contribution in [2.24, 2.45) is 0 Å². The van der Waals surface area contributed by atoms with E-state index in [1.807, 2.05) is 32.9 Å². The standard InChI is InChI=1S/C18H22N2O4S/c1-12(2)19-18(21)16-11-15(9-10-17(16)24-4)25(22,23)20-14-7-5-13(3)6-8-14/h5-12,20H,1-4H3,(H,19,21). The lowest BCUT2D eigenvalue weighted by Gasteiger charge is -2.14. The Morgan fingerprint density at radius 1 is 1.08 bits per heavy atom. The van der Waals surface area contributed by atoms with Crippen molar-refractivity contribution in [2.75, 3.05) is 11.8 Å². The molecule has 6 nitrogen and oxygen atoms in total. The molecule has 2 aromatic rings. The molecule has 7 heteroatoms. The topological polar surface area (TPSA) is 84.5 Å². The molecule has 0 atom stereocenters. The van der Waals surface area contributed by atoms with E-state index >= 15 is 0 Å². The Kier molecular flexibility index (Phi) is 5.69. The Hall–Kier alpha value is -2.54. The normalized spacial score (nSPS) is 11.2. The largest absolute Gasteiger partial charge is 0.496 e. The number of sulfonamides is 1. The number of carbonyl (C=O) groups excluding carboxylic acids is 1. The van der Waals surface area contributed by atoms with Crippen molar-refractivity contribution in [3.8, 4) is 5.75 Å². The summed E-state index contributed by atoms with van der Waals surface area (Å²) in [5, 5.41) is 2.73. The van der Waals surface area contributed by atoms with Crippen LogP contribution in [-0.2, 0) is 10.0 Å². The van der Waals surface area contributed by atoms with Gasteiger partial charge in [-0.05, 0) is 51.1 Å². The van der Waals surface area contributed by atoms with Gasteiger partial charge in [-0.3, -0.25) is 9.52 Å². The van der Waals surface area contributed by atoms with Gasteiger partial charge in [0.15, 0.2) is 0 Å². The van der Waals surface area contributed by atoms with E-state index in [4.69, 9.17) is 4.74 Å². The van der Waals surface area contributed by atoms with Gasteiger partial charge in [0, 0.05) is 11.7 Å². The number of anilines is 1. The third-order valence-corrected chi connectivity index (χ3v) is 4.83. The van der Waals surface area contributed by atoms with E-state index in [2.05, 4.69) is 10.0 Å². The smallest absolute Gasteiger partial charge is 0.261 e. The lowest BCUT2D eigenvalue weighted by molar-refractivity contribution is 0.0940. The predicted molar refractivity (Wildman–Crippen MR) is 97.6 cm³/mol. The van der Waals surface area contributed by atoms with Crippen molar-refractivity contribution in [1.82, 2.24) is 5.32 Å². The SMILES string of the molecule is COc1ccc(S(=O)(=O)Nc2ccc(C)cc2)cc1C(=O)NC(C)C. The number of amides is 1. The molecule has 1 amide bonds. The van der Waals surface area contributed by atoms with Crippen LogP contribution in [0.4, 0.5) is 5.69 Å². The highest BCUT2D eigenvalue weighted by atomic mass is 32.2. The van der Waals surface area contributed by atoms with Crippen LogP contribution in [0.5, 0.6) is 5.75 Å². The summed E-state index contributed by atoms with van der Waals surface area (Å²) in [6, 6.07) is 11.1. The molecule has 0 aliphatic rings. The van der Waals surface area contributed by atoms with E-state index in [9.17, 15) is 13.2 Å². The molecule has 0 heterocycles. The third kappa shape index (κ3) is 4.73. The molecule has 0 aliphatic heterocycles. The monoisotopic (exact) mass is 362 g/mol. The molecule has 0 radical (unpaired) electrons. The van der Waals surface area contributed by atoms with E-state index in [1.165, 1.54) is 25.3 Å². The molecule has 2 rings (SSSR count). The maximum atomic E-state index is 12.6. The number of benzene rings is 2. The molecule has 0 spiro atoms. The van der Waals surface area contributed by atoms with Gasteiger partial charge in [0.2, 0.25) is 0 Å². The van der Waals surface area contributed by atoms with Crippen LogP contribution in [0.3, 0.4) is 0 Å². The predicted octanol–water partition coefficient (Wildman–Crippen LogP) is 2.94. The van der Waals surface area contributed by atoms with Crippen LogP contribution in [0.2, 0.25) is 0 Å². The van der Waals surface area contributed by atoms with Crippen LogP contribution >= 0.6 is 0 Å². The summed E-state index contributed by atoms with van der Waals surface area (Å²) in [5.74, 6) is -0.0772. The summed E-state index contributed by atoms with van der Waals surface area (Å²) >= 11 is 0. The highest BCUT2D eigenvalue weighted by Crippen LogP contribution is 2.24. The highest BCUT2D eigenvalue weighted by molar-refractivity contribution is 7.92. The van der Waals surface area contributed by atoms with Gasteiger partial charge in [-0.2, -0.15) is 0 Å². The lowest BCUT2D eigenvalue weighted by Crippen LogP contribution is -2.30. The maximum Gasteiger partial charge on any atom is 0.261 e. The Labute approximate surface area is 148 Å². The minimum Gasteiger partial charge on any atom is -0.496 e. The van der Waals surface area contributed by atoms with Crippen molar-refractivity contribution < 1.29 is 17.9 Å². The minimum absolute atomic E-state index is 0.0113.